The van der Waals surface area contributed by atoms with Crippen molar-refractivity contribution in [2.75, 3.05) is 11.1 Å². The van der Waals surface area contributed by atoms with Gasteiger partial charge in [-0.05, 0) is 31.2 Å². The molecule has 0 amide bonds. The molecule has 0 fully saturated rings. The molecule has 0 aliphatic heterocycles. The average molecular weight is 267 g/mol. The molecule has 5 heteroatoms. The second kappa shape index (κ2) is 5.21. The molecule has 0 saturated carbocycles. The summed E-state index contributed by atoms with van der Waals surface area (Å²) >= 11 is 0. The van der Waals surface area contributed by atoms with E-state index in [0.29, 0.717) is 0 Å². The highest BCUT2D eigenvalue weighted by molar-refractivity contribution is 6.00. The smallest absolute Gasteiger partial charge is 0.0608 e. The lowest BCUT2D eigenvalue weighted by molar-refractivity contribution is 0.561. The molecule has 102 valence electrons. The summed E-state index contributed by atoms with van der Waals surface area (Å²) in [5.74, 6) is 0. The van der Waals surface area contributed by atoms with Crippen molar-refractivity contribution in [2.24, 2.45) is 0 Å². The van der Waals surface area contributed by atoms with Crippen molar-refractivity contribution in [2.45, 2.75) is 19.5 Å². The number of nitrogens with two attached hydrogens (primary N) is 1. The molecule has 3 N–H and O–H groups in total. The topological polar surface area (TPSA) is 68.8 Å². The predicted molar refractivity (Wildman–Crippen MR) is 81.5 cm³/mol. The first-order valence-corrected chi connectivity index (χ1v) is 6.60. The maximum atomic E-state index is 6.00. The van der Waals surface area contributed by atoms with Crippen LogP contribution >= 0.6 is 0 Å². The molecule has 5 nitrogen and oxygen atoms in total. The second-order valence-corrected chi connectivity index (χ2v) is 4.90. The highest BCUT2D eigenvalue weighted by Crippen LogP contribution is 2.27. The van der Waals surface area contributed by atoms with Crippen molar-refractivity contribution in [1.82, 2.24) is 14.8 Å². The first-order chi connectivity index (χ1) is 9.74. The third-order valence-corrected chi connectivity index (χ3v) is 3.27. The molecule has 1 unspecified atom stereocenters. The number of fused-ring (bicyclic) bond motifs is 1. The zero-order valence-corrected chi connectivity index (χ0v) is 11.3. The minimum atomic E-state index is 0.252. The molecule has 20 heavy (non-hydrogen) atoms. The fourth-order valence-corrected chi connectivity index (χ4v) is 2.34. The Hall–Kier alpha value is -2.56. The van der Waals surface area contributed by atoms with Crippen LogP contribution < -0.4 is 11.1 Å². The average Bonchev–Trinajstić information content (AvgIpc) is 2.95. The van der Waals surface area contributed by atoms with Crippen LogP contribution in [0.4, 0.5) is 11.4 Å². The lowest BCUT2D eigenvalue weighted by Crippen LogP contribution is -2.22. The highest BCUT2D eigenvalue weighted by Gasteiger charge is 2.08. The van der Waals surface area contributed by atoms with Gasteiger partial charge in [-0.15, -0.1) is 0 Å². The number of aromatic nitrogens is 3. The van der Waals surface area contributed by atoms with Gasteiger partial charge < -0.3 is 11.1 Å². The number of nitrogen functional groups attached to an aromatic ring is 1. The van der Waals surface area contributed by atoms with E-state index < -0.39 is 0 Å². The Bertz CT molecular complexity index is 705. The van der Waals surface area contributed by atoms with Gasteiger partial charge in [-0.3, -0.25) is 9.67 Å². The summed E-state index contributed by atoms with van der Waals surface area (Å²) in [7, 11) is 0. The Kier molecular flexibility index (Phi) is 3.25. The fourth-order valence-electron chi connectivity index (χ4n) is 2.34. The van der Waals surface area contributed by atoms with Gasteiger partial charge in [0.15, 0.2) is 0 Å². The maximum Gasteiger partial charge on any atom is 0.0608 e. The van der Waals surface area contributed by atoms with Gasteiger partial charge in [-0.25, -0.2) is 0 Å². The molecular weight excluding hydrogens is 250 g/mol. The van der Waals surface area contributed by atoms with Crippen molar-refractivity contribution in [3.63, 3.8) is 0 Å². The number of hydrogen-bond donors (Lipinski definition) is 2. The van der Waals surface area contributed by atoms with Crippen molar-refractivity contribution < 1.29 is 0 Å². The number of anilines is 2. The molecule has 1 aromatic carbocycles. The summed E-state index contributed by atoms with van der Waals surface area (Å²) in [6, 6.07) is 8.04. The van der Waals surface area contributed by atoms with E-state index in [9.17, 15) is 0 Å². The Morgan fingerprint density at radius 2 is 2.15 bits per heavy atom. The standard InChI is InChI=1S/C15H17N5/c1-11(10-20-8-2-6-18-20)19-15-4-3-14(16)12-5-7-17-9-13(12)15/h2-9,11,19H,10,16H2,1H3. The summed E-state index contributed by atoms with van der Waals surface area (Å²) in [6.07, 6.45) is 7.35. The Morgan fingerprint density at radius 3 is 2.95 bits per heavy atom. The number of benzene rings is 1. The van der Waals surface area contributed by atoms with Gasteiger partial charge in [0.05, 0.1) is 6.54 Å². The Labute approximate surface area is 117 Å². The molecule has 0 radical (unpaired) electrons. The Morgan fingerprint density at radius 1 is 1.25 bits per heavy atom. The van der Waals surface area contributed by atoms with E-state index in [1.807, 2.05) is 41.3 Å². The van der Waals surface area contributed by atoms with Crippen LogP contribution in [0, 0.1) is 0 Å². The number of rotatable bonds is 4. The quantitative estimate of drug-likeness (QED) is 0.713. The lowest BCUT2D eigenvalue weighted by Gasteiger charge is -2.17. The third kappa shape index (κ3) is 2.42. The highest BCUT2D eigenvalue weighted by atomic mass is 15.3. The number of nitrogens with zero attached hydrogens (tertiary/aromatic N) is 3. The molecule has 2 aromatic heterocycles. The van der Waals surface area contributed by atoms with Crippen molar-refractivity contribution in [3.8, 4) is 0 Å². The van der Waals surface area contributed by atoms with E-state index in [0.717, 1.165) is 28.7 Å². The SMILES string of the molecule is CC(Cn1cccn1)Nc1ccc(N)c2ccncc12. The van der Waals surface area contributed by atoms with E-state index in [4.69, 9.17) is 5.73 Å². The van der Waals surface area contributed by atoms with Crippen LogP contribution in [0.25, 0.3) is 10.8 Å². The first kappa shape index (κ1) is 12.5. The van der Waals surface area contributed by atoms with Gasteiger partial charge >= 0.3 is 0 Å². The number of hydrogen-bond acceptors (Lipinski definition) is 4. The van der Waals surface area contributed by atoms with Gasteiger partial charge in [0.25, 0.3) is 0 Å². The zero-order valence-electron chi connectivity index (χ0n) is 11.3. The number of pyridine rings is 1. The van der Waals surface area contributed by atoms with Crippen molar-refractivity contribution in [3.05, 3.63) is 49.1 Å². The van der Waals surface area contributed by atoms with E-state index >= 15 is 0 Å². The van der Waals surface area contributed by atoms with Gasteiger partial charge in [0.1, 0.15) is 0 Å². The van der Waals surface area contributed by atoms with E-state index in [-0.39, 0.29) is 6.04 Å². The monoisotopic (exact) mass is 267 g/mol. The van der Waals surface area contributed by atoms with Crippen LogP contribution in [0.15, 0.2) is 49.1 Å². The van der Waals surface area contributed by atoms with Crippen molar-refractivity contribution in [1.29, 1.82) is 0 Å². The van der Waals surface area contributed by atoms with Crippen LogP contribution in [-0.4, -0.2) is 20.8 Å². The fraction of sp³-hybridized carbons (Fsp3) is 0.200. The van der Waals surface area contributed by atoms with Gasteiger partial charge in [0.2, 0.25) is 0 Å². The molecule has 2 heterocycles. The zero-order chi connectivity index (χ0) is 13.9. The predicted octanol–water partition coefficient (Wildman–Crippen LogP) is 2.51. The Balaban J connectivity index is 1.85. The summed E-state index contributed by atoms with van der Waals surface area (Å²) in [6.45, 7) is 2.93. The minimum Gasteiger partial charge on any atom is -0.398 e. The number of nitrogens with one attached hydrogen (secondary N) is 1. The molecule has 0 aliphatic carbocycles. The van der Waals surface area contributed by atoms with Crippen LogP contribution in [0.1, 0.15) is 6.92 Å². The second-order valence-electron chi connectivity index (χ2n) is 4.90. The summed E-state index contributed by atoms with van der Waals surface area (Å²) < 4.78 is 1.91. The minimum absolute atomic E-state index is 0.252. The largest absolute Gasteiger partial charge is 0.398 e. The summed E-state index contributed by atoms with van der Waals surface area (Å²) in [5.41, 5.74) is 7.81. The van der Waals surface area contributed by atoms with Crippen LogP contribution in [0.5, 0.6) is 0 Å². The normalized spacial score (nSPS) is 12.4. The van der Waals surface area contributed by atoms with E-state index in [1.165, 1.54) is 0 Å². The van der Waals surface area contributed by atoms with Crippen molar-refractivity contribution >= 4 is 22.1 Å². The van der Waals surface area contributed by atoms with Crippen LogP contribution in [-0.2, 0) is 6.54 Å². The summed E-state index contributed by atoms with van der Waals surface area (Å²) in [4.78, 5) is 4.18. The molecular formula is C15H17N5. The van der Waals surface area contributed by atoms with Crippen LogP contribution in [0.3, 0.4) is 0 Å². The summed E-state index contributed by atoms with van der Waals surface area (Å²) in [5, 5.41) is 9.78. The van der Waals surface area contributed by atoms with Gasteiger partial charge in [-0.2, -0.15) is 5.10 Å². The van der Waals surface area contributed by atoms with Gasteiger partial charge in [0, 0.05) is 53.0 Å². The van der Waals surface area contributed by atoms with E-state index in [2.05, 4.69) is 22.3 Å². The lowest BCUT2D eigenvalue weighted by atomic mass is 10.1. The van der Waals surface area contributed by atoms with E-state index in [1.54, 1.807) is 12.4 Å². The molecule has 3 aromatic rings. The first-order valence-electron chi connectivity index (χ1n) is 6.60. The van der Waals surface area contributed by atoms with Crippen LogP contribution in [0.2, 0.25) is 0 Å². The molecule has 0 aliphatic rings. The molecule has 0 saturated heterocycles. The molecule has 3 rings (SSSR count). The third-order valence-electron chi connectivity index (χ3n) is 3.27. The molecule has 1 atom stereocenters. The maximum absolute atomic E-state index is 6.00. The molecule has 0 spiro atoms. The van der Waals surface area contributed by atoms with Gasteiger partial charge in [-0.1, -0.05) is 0 Å². The molecule has 0 bridgehead atoms.